The van der Waals surface area contributed by atoms with Gasteiger partial charge in [-0.05, 0) is 25.1 Å². The van der Waals surface area contributed by atoms with E-state index < -0.39 is 5.60 Å². The minimum atomic E-state index is -0.999. The van der Waals surface area contributed by atoms with Gasteiger partial charge in [0.05, 0.1) is 17.0 Å². The second kappa shape index (κ2) is 7.28. The van der Waals surface area contributed by atoms with Crippen molar-refractivity contribution in [2.75, 3.05) is 45.0 Å². The lowest BCUT2D eigenvalue weighted by Gasteiger charge is -2.23. The number of carbonyl (C=O) groups excluding carboxylic acids is 1. The van der Waals surface area contributed by atoms with Crippen LogP contribution in [-0.4, -0.2) is 51.0 Å². The second-order valence-corrected chi connectivity index (χ2v) is 5.59. The van der Waals surface area contributed by atoms with Gasteiger partial charge in [0.25, 0.3) is 5.91 Å². The third-order valence-electron chi connectivity index (χ3n) is 3.25. The lowest BCUT2D eigenvalue weighted by atomic mass is 10.0. The highest BCUT2D eigenvalue weighted by molar-refractivity contribution is 5.96. The van der Waals surface area contributed by atoms with Crippen LogP contribution < -0.4 is 16.0 Å². The van der Waals surface area contributed by atoms with Crippen molar-refractivity contribution in [3.05, 3.63) is 23.8 Å². The molecular weight excluding hydrogens is 270 g/mol. The minimum absolute atomic E-state index is 0.157. The second-order valence-electron chi connectivity index (χ2n) is 5.59. The normalized spacial score (nSPS) is 13.6. The molecule has 0 aliphatic heterocycles. The van der Waals surface area contributed by atoms with Crippen LogP contribution in [0.5, 0.6) is 0 Å². The van der Waals surface area contributed by atoms with Crippen molar-refractivity contribution in [2.24, 2.45) is 0 Å². The molecule has 0 aliphatic rings. The van der Waals surface area contributed by atoms with E-state index in [2.05, 4.69) is 5.32 Å². The van der Waals surface area contributed by atoms with E-state index in [1.807, 2.05) is 19.0 Å². The van der Waals surface area contributed by atoms with Gasteiger partial charge in [0.2, 0.25) is 0 Å². The third-order valence-corrected chi connectivity index (χ3v) is 3.25. The highest BCUT2D eigenvalue weighted by Gasteiger charge is 2.21. The average molecular weight is 295 g/mol. The smallest absolute Gasteiger partial charge is 0.251 e. The summed E-state index contributed by atoms with van der Waals surface area (Å²) in [6.45, 7) is 2.26. The first-order valence-electron chi connectivity index (χ1n) is 6.83. The number of hydrogen-bond donors (Lipinski definition) is 3. The van der Waals surface area contributed by atoms with Crippen LogP contribution >= 0.6 is 0 Å². The number of nitrogens with zero attached hydrogens (tertiary/aromatic N) is 1. The molecule has 1 unspecified atom stereocenters. The molecule has 0 saturated carbocycles. The van der Waals surface area contributed by atoms with Crippen LogP contribution in [0, 0.1) is 0 Å². The quantitative estimate of drug-likeness (QED) is 0.649. The van der Waals surface area contributed by atoms with Crippen molar-refractivity contribution in [1.29, 1.82) is 0 Å². The number of aliphatic hydroxyl groups is 1. The molecule has 0 bridgehead atoms. The van der Waals surface area contributed by atoms with E-state index in [4.69, 9.17) is 10.5 Å². The van der Waals surface area contributed by atoms with Gasteiger partial charge in [-0.1, -0.05) is 0 Å². The summed E-state index contributed by atoms with van der Waals surface area (Å²) in [4.78, 5) is 14.0. The molecule has 0 aromatic heterocycles. The predicted molar refractivity (Wildman–Crippen MR) is 84.6 cm³/mol. The molecule has 6 heteroatoms. The summed E-state index contributed by atoms with van der Waals surface area (Å²) >= 11 is 0. The van der Waals surface area contributed by atoms with Crippen LogP contribution in [0.15, 0.2) is 18.2 Å². The van der Waals surface area contributed by atoms with Gasteiger partial charge in [0, 0.05) is 46.3 Å². The van der Waals surface area contributed by atoms with Gasteiger partial charge in [0.1, 0.15) is 0 Å². The summed E-state index contributed by atoms with van der Waals surface area (Å²) in [6, 6.07) is 5.15. The van der Waals surface area contributed by atoms with Gasteiger partial charge in [-0.25, -0.2) is 0 Å². The summed E-state index contributed by atoms with van der Waals surface area (Å²) in [6.07, 6.45) is 0.450. The molecule has 0 heterocycles. The first-order chi connectivity index (χ1) is 9.76. The Labute approximate surface area is 125 Å². The lowest BCUT2D eigenvalue weighted by molar-refractivity contribution is 0.0243. The Bertz CT molecular complexity index is 487. The van der Waals surface area contributed by atoms with Crippen LogP contribution in [0.1, 0.15) is 23.7 Å². The van der Waals surface area contributed by atoms with E-state index in [1.54, 1.807) is 32.2 Å². The summed E-state index contributed by atoms with van der Waals surface area (Å²) in [5.74, 6) is -0.260. The first-order valence-corrected chi connectivity index (χ1v) is 6.83. The van der Waals surface area contributed by atoms with Gasteiger partial charge in [-0.2, -0.15) is 0 Å². The van der Waals surface area contributed by atoms with Crippen molar-refractivity contribution in [2.45, 2.75) is 18.9 Å². The van der Waals surface area contributed by atoms with Gasteiger partial charge in [-0.15, -0.1) is 0 Å². The molecule has 4 N–H and O–H groups in total. The van der Waals surface area contributed by atoms with E-state index in [-0.39, 0.29) is 12.5 Å². The van der Waals surface area contributed by atoms with Crippen LogP contribution in [0.25, 0.3) is 0 Å². The van der Waals surface area contributed by atoms with Crippen LogP contribution in [0.4, 0.5) is 11.4 Å². The van der Waals surface area contributed by atoms with Crippen molar-refractivity contribution < 1.29 is 14.6 Å². The number of hydrogen-bond acceptors (Lipinski definition) is 5. The highest BCUT2D eigenvalue weighted by atomic mass is 16.5. The molecule has 0 fully saturated rings. The Kier molecular flexibility index (Phi) is 5.99. The number of methoxy groups -OCH3 is 1. The molecule has 0 spiro atoms. The largest absolute Gasteiger partial charge is 0.397 e. The topological polar surface area (TPSA) is 87.8 Å². The number of nitrogens with two attached hydrogens (primary N) is 1. The van der Waals surface area contributed by atoms with Gasteiger partial charge in [0.15, 0.2) is 0 Å². The maximum absolute atomic E-state index is 12.1. The zero-order valence-corrected chi connectivity index (χ0v) is 13.1. The Morgan fingerprint density at radius 2 is 2.14 bits per heavy atom. The highest BCUT2D eigenvalue weighted by Crippen LogP contribution is 2.22. The lowest BCUT2D eigenvalue weighted by Crippen LogP contribution is -2.41. The number of ether oxygens (including phenoxy) is 1. The number of carbonyl (C=O) groups is 1. The Balaban J connectivity index is 2.66. The van der Waals surface area contributed by atoms with E-state index >= 15 is 0 Å². The summed E-state index contributed by atoms with van der Waals surface area (Å²) < 4.78 is 4.93. The monoisotopic (exact) mass is 295 g/mol. The number of nitrogens with one attached hydrogen (secondary N) is 1. The van der Waals surface area contributed by atoms with Gasteiger partial charge in [-0.3, -0.25) is 4.79 Å². The molecule has 118 valence electrons. The number of rotatable bonds is 7. The standard InChI is InChI=1S/C15H25N3O3/c1-15(20,7-8-21-4)10-17-14(19)11-5-6-13(18(2)3)12(16)9-11/h5-6,9,20H,7-8,10,16H2,1-4H3,(H,17,19). The van der Waals surface area contributed by atoms with E-state index in [1.165, 1.54) is 0 Å². The van der Waals surface area contributed by atoms with Gasteiger partial charge < -0.3 is 25.8 Å². The Hall–Kier alpha value is -1.79. The third kappa shape index (κ3) is 5.24. The van der Waals surface area contributed by atoms with E-state index in [9.17, 15) is 9.90 Å². The molecule has 1 aromatic carbocycles. The molecule has 1 aromatic rings. The molecule has 1 rings (SSSR count). The fraction of sp³-hybridized carbons (Fsp3) is 0.533. The number of benzene rings is 1. The van der Waals surface area contributed by atoms with E-state index in [0.717, 1.165) is 5.69 Å². The number of amides is 1. The number of anilines is 2. The molecule has 0 saturated heterocycles. The van der Waals surface area contributed by atoms with Crippen molar-refractivity contribution in [1.82, 2.24) is 5.32 Å². The molecule has 6 nitrogen and oxygen atoms in total. The fourth-order valence-electron chi connectivity index (χ4n) is 1.89. The van der Waals surface area contributed by atoms with E-state index in [0.29, 0.717) is 24.3 Å². The maximum atomic E-state index is 12.1. The minimum Gasteiger partial charge on any atom is -0.397 e. The van der Waals surface area contributed by atoms with Gasteiger partial charge >= 0.3 is 0 Å². The van der Waals surface area contributed by atoms with Crippen LogP contribution in [0.2, 0.25) is 0 Å². The fourth-order valence-corrected chi connectivity index (χ4v) is 1.89. The van der Waals surface area contributed by atoms with Crippen molar-refractivity contribution in [3.63, 3.8) is 0 Å². The summed E-state index contributed by atoms with van der Waals surface area (Å²) in [5, 5.41) is 12.8. The first kappa shape index (κ1) is 17.3. The summed E-state index contributed by atoms with van der Waals surface area (Å²) in [5.41, 5.74) is 6.79. The van der Waals surface area contributed by atoms with Crippen molar-refractivity contribution in [3.8, 4) is 0 Å². The number of nitrogen functional groups attached to an aromatic ring is 1. The van der Waals surface area contributed by atoms with Crippen LogP contribution in [-0.2, 0) is 4.74 Å². The van der Waals surface area contributed by atoms with Crippen LogP contribution in [0.3, 0.4) is 0 Å². The molecular formula is C15H25N3O3. The Morgan fingerprint density at radius 3 is 2.67 bits per heavy atom. The molecule has 1 atom stereocenters. The maximum Gasteiger partial charge on any atom is 0.251 e. The zero-order chi connectivity index (χ0) is 16.0. The predicted octanol–water partition coefficient (Wildman–Crippen LogP) is 0.852. The average Bonchev–Trinajstić information content (AvgIpc) is 2.42. The molecule has 0 aliphatic carbocycles. The molecule has 0 radical (unpaired) electrons. The Morgan fingerprint density at radius 1 is 1.48 bits per heavy atom. The zero-order valence-electron chi connectivity index (χ0n) is 13.1. The van der Waals surface area contributed by atoms with Crippen molar-refractivity contribution >= 4 is 17.3 Å². The molecule has 1 amide bonds. The summed E-state index contributed by atoms with van der Waals surface area (Å²) in [7, 11) is 5.35. The molecule has 21 heavy (non-hydrogen) atoms. The SMILES string of the molecule is COCCC(C)(O)CNC(=O)c1ccc(N(C)C)c(N)c1.